The molecule has 0 radical (unpaired) electrons. The molecule has 1 fully saturated rings. The van der Waals surface area contributed by atoms with Gasteiger partial charge in [-0.3, -0.25) is 0 Å². The van der Waals surface area contributed by atoms with Crippen LogP contribution < -0.4 is 5.32 Å². The first kappa shape index (κ1) is 14.9. The predicted molar refractivity (Wildman–Crippen MR) is 86.7 cm³/mol. The van der Waals surface area contributed by atoms with Crippen LogP contribution in [0.3, 0.4) is 0 Å². The van der Waals surface area contributed by atoms with Gasteiger partial charge in [0.15, 0.2) is 0 Å². The van der Waals surface area contributed by atoms with Gasteiger partial charge in [-0.15, -0.1) is 0 Å². The van der Waals surface area contributed by atoms with Gasteiger partial charge in [0.2, 0.25) is 0 Å². The maximum absolute atomic E-state index is 11.9. The molecule has 1 aliphatic rings. The number of aromatic nitrogens is 1. The topological polar surface area (TPSA) is 57.4 Å². The smallest absolute Gasteiger partial charge is 0.410 e. The molecule has 0 aliphatic carbocycles. The highest BCUT2D eigenvalue weighted by atomic mass is 16.6. The van der Waals surface area contributed by atoms with Crippen molar-refractivity contribution in [3.8, 4) is 0 Å². The first-order valence-corrected chi connectivity index (χ1v) is 7.68. The molecule has 1 aromatic carbocycles. The van der Waals surface area contributed by atoms with Gasteiger partial charge < -0.3 is 19.9 Å². The highest BCUT2D eigenvalue weighted by Crippen LogP contribution is 2.17. The number of amides is 1. The fraction of sp³-hybridized carbons (Fsp3) is 0.471. The molecule has 5 nitrogen and oxygen atoms in total. The molecule has 0 saturated carbocycles. The number of nitrogens with zero attached hydrogens (tertiary/aromatic N) is 1. The fourth-order valence-electron chi connectivity index (χ4n) is 2.56. The highest BCUT2D eigenvalue weighted by Gasteiger charge is 2.33. The van der Waals surface area contributed by atoms with E-state index in [0.717, 1.165) is 12.1 Å². The predicted octanol–water partition coefficient (Wildman–Crippen LogP) is 2.88. The molecule has 0 atom stereocenters. The van der Waals surface area contributed by atoms with E-state index in [9.17, 15) is 4.79 Å². The number of carbonyl (C=O) groups is 1. The van der Waals surface area contributed by atoms with Crippen molar-refractivity contribution in [3.63, 3.8) is 0 Å². The Kier molecular flexibility index (Phi) is 3.83. The number of H-pyrrole nitrogens is 1. The van der Waals surface area contributed by atoms with Crippen LogP contribution in [0, 0.1) is 0 Å². The number of carbonyl (C=O) groups excluding carboxylic acids is 1. The summed E-state index contributed by atoms with van der Waals surface area (Å²) in [4.78, 5) is 16.8. The molecule has 0 unspecified atom stereocenters. The standard InChI is InChI=1S/C17H23N3O2/c1-17(2,3)22-16(21)20-10-14(11-20)19-9-12-4-5-15-13(8-12)6-7-18-15/h4-8,14,18-19H,9-11H2,1-3H3. The average molecular weight is 301 g/mol. The van der Waals surface area contributed by atoms with E-state index in [1.807, 2.05) is 27.0 Å². The summed E-state index contributed by atoms with van der Waals surface area (Å²) in [6, 6.07) is 8.82. The molecule has 1 amide bonds. The van der Waals surface area contributed by atoms with Gasteiger partial charge in [-0.1, -0.05) is 6.07 Å². The average Bonchev–Trinajstić information content (AvgIpc) is 2.81. The van der Waals surface area contributed by atoms with E-state index in [-0.39, 0.29) is 6.09 Å². The lowest BCUT2D eigenvalue weighted by atomic mass is 10.1. The van der Waals surface area contributed by atoms with Crippen LogP contribution in [0.5, 0.6) is 0 Å². The highest BCUT2D eigenvalue weighted by molar-refractivity contribution is 5.79. The molecular formula is C17H23N3O2. The SMILES string of the molecule is CC(C)(C)OC(=O)N1CC(NCc2ccc3[nH]ccc3c2)C1. The maximum Gasteiger partial charge on any atom is 0.410 e. The second kappa shape index (κ2) is 5.65. The molecule has 1 aliphatic heterocycles. The zero-order valence-corrected chi connectivity index (χ0v) is 13.3. The van der Waals surface area contributed by atoms with Gasteiger partial charge in [0, 0.05) is 37.4 Å². The monoisotopic (exact) mass is 301 g/mol. The summed E-state index contributed by atoms with van der Waals surface area (Å²) in [5.74, 6) is 0. The molecule has 3 rings (SSSR count). The summed E-state index contributed by atoms with van der Waals surface area (Å²) in [5.41, 5.74) is 1.98. The van der Waals surface area contributed by atoms with Crippen molar-refractivity contribution in [1.82, 2.24) is 15.2 Å². The van der Waals surface area contributed by atoms with Crippen molar-refractivity contribution in [2.45, 2.75) is 39.0 Å². The number of likely N-dealkylation sites (tertiary alicyclic amines) is 1. The van der Waals surface area contributed by atoms with E-state index in [0.29, 0.717) is 19.1 Å². The minimum atomic E-state index is -0.429. The Morgan fingerprint density at radius 3 is 2.86 bits per heavy atom. The fourth-order valence-corrected chi connectivity index (χ4v) is 2.56. The van der Waals surface area contributed by atoms with Crippen molar-refractivity contribution < 1.29 is 9.53 Å². The Morgan fingerprint density at radius 2 is 2.14 bits per heavy atom. The van der Waals surface area contributed by atoms with Crippen molar-refractivity contribution in [2.75, 3.05) is 13.1 Å². The van der Waals surface area contributed by atoms with Crippen LogP contribution in [0.1, 0.15) is 26.3 Å². The van der Waals surface area contributed by atoms with E-state index in [1.54, 1.807) is 4.90 Å². The molecule has 118 valence electrons. The van der Waals surface area contributed by atoms with E-state index >= 15 is 0 Å². The van der Waals surface area contributed by atoms with E-state index in [1.165, 1.54) is 10.9 Å². The van der Waals surface area contributed by atoms with Gasteiger partial charge >= 0.3 is 6.09 Å². The first-order chi connectivity index (χ1) is 10.4. The Balaban J connectivity index is 1.45. The van der Waals surface area contributed by atoms with E-state index in [4.69, 9.17) is 4.74 Å². The molecule has 2 aromatic rings. The molecule has 0 bridgehead atoms. The number of ether oxygens (including phenoxy) is 1. The summed E-state index contributed by atoms with van der Waals surface area (Å²) in [6.45, 7) is 7.89. The lowest BCUT2D eigenvalue weighted by Gasteiger charge is -2.40. The molecule has 22 heavy (non-hydrogen) atoms. The molecule has 2 heterocycles. The summed E-state index contributed by atoms with van der Waals surface area (Å²) in [7, 11) is 0. The van der Waals surface area contributed by atoms with Crippen LogP contribution in [-0.2, 0) is 11.3 Å². The molecule has 2 N–H and O–H groups in total. The number of benzene rings is 1. The Labute approximate surface area is 130 Å². The number of fused-ring (bicyclic) bond motifs is 1. The Bertz CT molecular complexity index is 666. The summed E-state index contributed by atoms with van der Waals surface area (Å²) < 4.78 is 5.35. The third kappa shape index (κ3) is 3.42. The minimum absolute atomic E-state index is 0.223. The van der Waals surface area contributed by atoms with Crippen LogP contribution in [0.25, 0.3) is 10.9 Å². The first-order valence-electron chi connectivity index (χ1n) is 7.68. The summed E-state index contributed by atoms with van der Waals surface area (Å²) >= 11 is 0. The third-order valence-corrected chi connectivity index (χ3v) is 3.75. The number of aromatic amines is 1. The lowest BCUT2D eigenvalue weighted by molar-refractivity contribution is 0.00519. The molecular weight excluding hydrogens is 278 g/mol. The summed E-state index contributed by atoms with van der Waals surface area (Å²) in [6.07, 6.45) is 1.73. The number of nitrogens with one attached hydrogen (secondary N) is 2. The van der Waals surface area contributed by atoms with Gasteiger partial charge in [-0.05, 0) is 49.9 Å². The zero-order valence-electron chi connectivity index (χ0n) is 13.3. The van der Waals surface area contributed by atoms with Crippen LogP contribution in [0.4, 0.5) is 4.79 Å². The Morgan fingerprint density at radius 1 is 1.36 bits per heavy atom. The zero-order chi connectivity index (χ0) is 15.7. The maximum atomic E-state index is 11.9. The largest absolute Gasteiger partial charge is 0.444 e. The van der Waals surface area contributed by atoms with Crippen LogP contribution in [0.2, 0.25) is 0 Å². The summed E-state index contributed by atoms with van der Waals surface area (Å²) in [5, 5.41) is 4.71. The third-order valence-electron chi connectivity index (χ3n) is 3.75. The lowest BCUT2D eigenvalue weighted by Crippen LogP contribution is -2.60. The van der Waals surface area contributed by atoms with Gasteiger partial charge in [-0.25, -0.2) is 4.79 Å². The number of hydrogen-bond donors (Lipinski definition) is 2. The van der Waals surface area contributed by atoms with Crippen molar-refractivity contribution in [1.29, 1.82) is 0 Å². The van der Waals surface area contributed by atoms with E-state index in [2.05, 4.69) is 34.6 Å². The van der Waals surface area contributed by atoms with Crippen LogP contribution in [0.15, 0.2) is 30.5 Å². The van der Waals surface area contributed by atoms with Crippen molar-refractivity contribution in [3.05, 3.63) is 36.0 Å². The van der Waals surface area contributed by atoms with Crippen LogP contribution >= 0.6 is 0 Å². The number of rotatable bonds is 3. The van der Waals surface area contributed by atoms with Gasteiger partial charge in [0.25, 0.3) is 0 Å². The van der Waals surface area contributed by atoms with Crippen molar-refractivity contribution in [2.24, 2.45) is 0 Å². The van der Waals surface area contributed by atoms with Gasteiger partial charge in [-0.2, -0.15) is 0 Å². The second-order valence-electron chi connectivity index (χ2n) is 6.86. The molecule has 0 spiro atoms. The normalized spacial score (nSPS) is 15.9. The second-order valence-corrected chi connectivity index (χ2v) is 6.86. The quantitative estimate of drug-likeness (QED) is 0.916. The van der Waals surface area contributed by atoms with Crippen LogP contribution in [-0.4, -0.2) is 40.7 Å². The van der Waals surface area contributed by atoms with Gasteiger partial charge in [0.1, 0.15) is 5.60 Å². The number of hydrogen-bond acceptors (Lipinski definition) is 3. The molecule has 1 aromatic heterocycles. The van der Waals surface area contributed by atoms with Crippen molar-refractivity contribution >= 4 is 17.0 Å². The minimum Gasteiger partial charge on any atom is -0.444 e. The molecule has 1 saturated heterocycles. The Hall–Kier alpha value is -2.01. The molecule has 5 heteroatoms. The van der Waals surface area contributed by atoms with E-state index < -0.39 is 5.60 Å². The van der Waals surface area contributed by atoms with Gasteiger partial charge in [0.05, 0.1) is 0 Å².